The standard InChI is InChI=1S/C35H38ClN7O4S/c1-5-47-35(46)27-15-14-26(18-24(27)8-6-16-37)39-29(44)9-7-17-38-30(45)19-28-33-42-41-22(4)43(33)34-31(20(2)21(3)48-34)32(40-28)23-10-12-25(36)13-11-23/h10-15,18,28,35,46H,5,7,9,16-17,19,37H2,1-4H3,(H,38,45)(H,39,44)/t28-,35?/m0/s1. The second-order valence-corrected chi connectivity index (χ2v) is 12.9. The van der Waals surface area contributed by atoms with E-state index in [0.717, 1.165) is 33.2 Å². The number of anilines is 1. The van der Waals surface area contributed by atoms with E-state index in [2.05, 4.69) is 46.5 Å². The molecule has 48 heavy (non-hydrogen) atoms. The number of nitrogens with zero attached hydrogens (tertiary/aromatic N) is 4. The van der Waals surface area contributed by atoms with E-state index >= 15 is 0 Å². The Bertz CT molecular complexity index is 1910. The zero-order valence-corrected chi connectivity index (χ0v) is 28.8. The van der Waals surface area contributed by atoms with Crippen molar-refractivity contribution in [3.8, 4) is 16.8 Å². The number of amides is 2. The minimum absolute atomic E-state index is 0.0565. The van der Waals surface area contributed by atoms with Crippen molar-refractivity contribution in [3.63, 3.8) is 0 Å². The number of nitrogens with two attached hydrogens (primary N) is 1. The summed E-state index contributed by atoms with van der Waals surface area (Å²) in [6.45, 7) is 8.62. The van der Waals surface area contributed by atoms with Gasteiger partial charge in [0.1, 0.15) is 16.9 Å². The van der Waals surface area contributed by atoms with E-state index in [1.165, 1.54) is 4.88 Å². The molecule has 11 nitrogen and oxygen atoms in total. The van der Waals surface area contributed by atoms with Crippen LogP contribution in [0.4, 0.5) is 5.69 Å². The average molecular weight is 688 g/mol. The largest absolute Gasteiger partial charge is 0.364 e. The second kappa shape index (κ2) is 15.7. The van der Waals surface area contributed by atoms with Crippen molar-refractivity contribution in [2.24, 2.45) is 10.7 Å². The van der Waals surface area contributed by atoms with Crippen LogP contribution in [0.3, 0.4) is 0 Å². The second-order valence-electron chi connectivity index (χ2n) is 11.2. The van der Waals surface area contributed by atoms with Crippen LogP contribution in [-0.2, 0) is 14.3 Å². The molecule has 1 unspecified atom stereocenters. The van der Waals surface area contributed by atoms with Crippen molar-refractivity contribution in [2.45, 2.75) is 59.3 Å². The third-order valence-corrected chi connectivity index (χ3v) is 9.34. The zero-order valence-electron chi connectivity index (χ0n) is 27.3. The fourth-order valence-electron chi connectivity index (χ4n) is 5.43. The van der Waals surface area contributed by atoms with Crippen LogP contribution >= 0.6 is 22.9 Å². The number of aromatic nitrogens is 3. The highest BCUT2D eigenvalue weighted by Gasteiger charge is 2.32. The van der Waals surface area contributed by atoms with E-state index < -0.39 is 12.3 Å². The van der Waals surface area contributed by atoms with E-state index in [0.29, 0.717) is 47.2 Å². The molecule has 1 aliphatic heterocycles. The third-order valence-electron chi connectivity index (χ3n) is 7.89. The molecule has 0 radical (unpaired) electrons. The number of aliphatic hydroxyl groups is 1. The maximum absolute atomic E-state index is 13.2. The van der Waals surface area contributed by atoms with Gasteiger partial charge in [-0.2, -0.15) is 0 Å². The minimum Gasteiger partial charge on any atom is -0.364 e. The van der Waals surface area contributed by atoms with Gasteiger partial charge in [-0.25, -0.2) is 0 Å². The number of aliphatic imine (C=N–C) groups is 1. The molecular weight excluding hydrogens is 650 g/mol. The molecule has 2 amide bonds. The van der Waals surface area contributed by atoms with Crippen LogP contribution in [0.1, 0.15) is 82.9 Å². The molecule has 0 aliphatic carbocycles. The van der Waals surface area contributed by atoms with Gasteiger partial charge < -0.3 is 26.2 Å². The first-order valence-corrected chi connectivity index (χ1v) is 16.9. The van der Waals surface area contributed by atoms with Gasteiger partial charge in [-0.15, -0.1) is 21.5 Å². The summed E-state index contributed by atoms with van der Waals surface area (Å²) in [4.78, 5) is 32.3. The van der Waals surface area contributed by atoms with Crippen molar-refractivity contribution < 1.29 is 19.4 Å². The van der Waals surface area contributed by atoms with Crippen molar-refractivity contribution in [1.29, 1.82) is 0 Å². The van der Waals surface area contributed by atoms with Gasteiger partial charge in [-0.3, -0.25) is 19.1 Å². The summed E-state index contributed by atoms with van der Waals surface area (Å²) in [5.41, 5.74) is 10.8. The number of benzene rings is 2. The smallest absolute Gasteiger partial charge is 0.224 e. The number of aryl methyl sites for hydroxylation is 2. The summed E-state index contributed by atoms with van der Waals surface area (Å²) < 4.78 is 7.30. The fraction of sp³-hybridized carbons (Fsp3) is 0.343. The van der Waals surface area contributed by atoms with Gasteiger partial charge in [0.25, 0.3) is 0 Å². The number of carbonyl (C=O) groups is 2. The Morgan fingerprint density at radius 2 is 1.92 bits per heavy atom. The topological polar surface area (TPSA) is 157 Å². The number of carbonyl (C=O) groups excluding carboxylic acids is 2. The predicted molar refractivity (Wildman–Crippen MR) is 188 cm³/mol. The van der Waals surface area contributed by atoms with Gasteiger partial charge in [0.15, 0.2) is 12.1 Å². The number of thiophene rings is 1. The molecule has 1 aliphatic rings. The van der Waals surface area contributed by atoms with Crippen molar-refractivity contribution in [3.05, 3.63) is 91.8 Å². The number of halogens is 1. The maximum Gasteiger partial charge on any atom is 0.224 e. The molecule has 0 saturated heterocycles. The van der Waals surface area contributed by atoms with Crippen LogP contribution in [0.2, 0.25) is 5.02 Å². The van der Waals surface area contributed by atoms with E-state index in [4.69, 9.17) is 27.1 Å². The highest BCUT2D eigenvalue weighted by Crippen LogP contribution is 2.39. The SMILES string of the molecule is CCOC(O)c1ccc(NC(=O)CCCNC(=O)C[C@@H]2N=C(c3ccc(Cl)cc3)c3c(sc(C)c3C)-n3c(C)nnc32)cc1C#CCN. The molecule has 13 heteroatoms. The van der Waals surface area contributed by atoms with Crippen molar-refractivity contribution in [1.82, 2.24) is 20.1 Å². The molecule has 0 bridgehead atoms. The van der Waals surface area contributed by atoms with Crippen molar-refractivity contribution >= 4 is 46.2 Å². The number of fused-ring (bicyclic) bond motifs is 3. The number of ether oxygens (including phenoxy) is 1. The Balaban J connectivity index is 1.24. The molecular formula is C35H38ClN7O4S. The van der Waals surface area contributed by atoms with Crippen LogP contribution in [-0.4, -0.2) is 57.1 Å². The van der Waals surface area contributed by atoms with E-state index in [-0.39, 0.29) is 31.2 Å². The van der Waals surface area contributed by atoms with Crippen LogP contribution in [0.25, 0.3) is 5.00 Å². The first-order valence-electron chi connectivity index (χ1n) is 15.7. The number of hydrogen-bond donors (Lipinski definition) is 4. The summed E-state index contributed by atoms with van der Waals surface area (Å²) in [5, 5.41) is 26.5. The lowest BCUT2D eigenvalue weighted by molar-refractivity contribution is -0.122. The highest BCUT2D eigenvalue weighted by atomic mass is 35.5. The monoisotopic (exact) mass is 687 g/mol. The lowest BCUT2D eigenvalue weighted by Crippen LogP contribution is -2.27. The summed E-state index contributed by atoms with van der Waals surface area (Å²) in [5.74, 6) is 6.58. The quantitative estimate of drug-likeness (QED) is 0.0975. The van der Waals surface area contributed by atoms with Crippen LogP contribution in [0.15, 0.2) is 47.5 Å². The fourth-order valence-corrected chi connectivity index (χ4v) is 6.77. The first-order chi connectivity index (χ1) is 23.1. The molecule has 0 fully saturated rings. The van der Waals surface area contributed by atoms with E-state index in [9.17, 15) is 14.7 Å². The zero-order chi connectivity index (χ0) is 34.4. The first kappa shape index (κ1) is 34.9. The van der Waals surface area contributed by atoms with Gasteiger partial charge in [0.05, 0.1) is 18.7 Å². The predicted octanol–water partition coefficient (Wildman–Crippen LogP) is 5.06. The van der Waals surface area contributed by atoms with Crippen LogP contribution < -0.4 is 16.4 Å². The van der Waals surface area contributed by atoms with Crippen LogP contribution in [0, 0.1) is 32.6 Å². The van der Waals surface area contributed by atoms with Gasteiger partial charge in [-0.05, 0) is 63.9 Å². The molecule has 0 spiro atoms. The molecule has 0 saturated carbocycles. The summed E-state index contributed by atoms with van der Waals surface area (Å²) in [6.07, 6.45) is -0.476. The molecule has 3 heterocycles. The summed E-state index contributed by atoms with van der Waals surface area (Å²) >= 11 is 7.85. The number of nitrogens with one attached hydrogen (secondary N) is 2. The van der Waals surface area contributed by atoms with Gasteiger partial charge in [0.2, 0.25) is 11.8 Å². The average Bonchev–Trinajstić information content (AvgIpc) is 3.54. The third kappa shape index (κ3) is 7.84. The summed E-state index contributed by atoms with van der Waals surface area (Å²) in [7, 11) is 0. The Morgan fingerprint density at radius 3 is 2.65 bits per heavy atom. The lowest BCUT2D eigenvalue weighted by atomic mass is 9.99. The highest BCUT2D eigenvalue weighted by molar-refractivity contribution is 7.15. The molecule has 5 N–H and O–H groups in total. The van der Waals surface area contributed by atoms with Crippen molar-refractivity contribution in [2.75, 3.05) is 25.0 Å². The molecule has 5 rings (SSSR count). The molecule has 2 aromatic carbocycles. The number of hydrogen-bond acceptors (Lipinski definition) is 9. The van der Waals surface area contributed by atoms with E-state index in [1.807, 2.05) is 35.8 Å². The van der Waals surface area contributed by atoms with Crippen LogP contribution in [0.5, 0.6) is 0 Å². The van der Waals surface area contributed by atoms with E-state index in [1.54, 1.807) is 36.5 Å². The number of rotatable bonds is 11. The molecule has 2 aromatic heterocycles. The lowest BCUT2D eigenvalue weighted by Gasteiger charge is -2.14. The summed E-state index contributed by atoms with van der Waals surface area (Å²) in [6, 6.07) is 12.0. The Hall–Kier alpha value is -4.38. The van der Waals surface area contributed by atoms with Gasteiger partial charge in [0, 0.05) is 57.4 Å². The Morgan fingerprint density at radius 1 is 1.15 bits per heavy atom. The molecule has 250 valence electrons. The Kier molecular flexibility index (Phi) is 11.4. The maximum atomic E-state index is 13.2. The van der Waals surface area contributed by atoms with Gasteiger partial charge >= 0.3 is 0 Å². The Labute approximate surface area is 288 Å². The minimum atomic E-state index is -1.14. The van der Waals surface area contributed by atoms with Gasteiger partial charge in [-0.1, -0.05) is 41.6 Å². The number of aliphatic hydroxyl groups excluding tert-OH is 1. The molecule has 2 atom stereocenters. The normalized spacial score (nSPS) is 14.1. The molecule has 4 aromatic rings.